The van der Waals surface area contributed by atoms with Crippen LogP contribution in [0.2, 0.25) is 0 Å². The molecule has 0 radical (unpaired) electrons. The van der Waals surface area contributed by atoms with E-state index in [2.05, 4.69) is 50.1 Å². The van der Waals surface area contributed by atoms with Gasteiger partial charge in [0.15, 0.2) is 5.69 Å². The van der Waals surface area contributed by atoms with Crippen LogP contribution in [0.4, 0.5) is 5.82 Å². The molecule has 0 atom stereocenters. The van der Waals surface area contributed by atoms with E-state index in [9.17, 15) is 4.79 Å². The smallest absolute Gasteiger partial charge is 0.269 e. The van der Waals surface area contributed by atoms with Crippen molar-refractivity contribution in [3.63, 3.8) is 0 Å². The molecule has 2 aromatic rings. The van der Waals surface area contributed by atoms with Gasteiger partial charge in [0.2, 0.25) is 0 Å². The first-order valence-electron chi connectivity index (χ1n) is 7.26. The van der Waals surface area contributed by atoms with E-state index in [1.807, 2.05) is 0 Å². The summed E-state index contributed by atoms with van der Waals surface area (Å²) in [4.78, 5) is 11.0. The highest BCUT2D eigenvalue weighted by atomic mass is 16.1. The third-order valence-electron chi connectivity index (χ3n) is 4.52. The predicted molar refractivity (Wildman–Crippen MR) is 88.0 cm³/mol. The predicted octanol–water partition coefficient (Wildman–Crippen LogP) is 2.73. The monoisotopic (exact) mass is 298 g/mol. The molecule has 3 N–H and O–H groups in total. The molecule has 116 valence electrons. The van der Waals surface area contributed by atoms with E-state index in [0.29, 0.717) is 12.4 Å². The van der Waals surface area contributed by atoms with Gasteiger partial charge >= 0.3 is 0 Å². The third kappa shape index (κ3) is 2.93. The number of carbonyl (C=O) groups excluding carboxylic acids is 1. The van der Waals surface area contributed by atoms with Crippen LogP contribution in [0.15, 0.2) is 12.1 Å². The Morgan fingerprint density at radius 3 is 1.95 bits per heavy atom. The SMILES string of the molecule is Cc1c(C)c(C)c(CNc2ccc(C(N)=O)nn2)c(C)c1C. The van der Waals surface area contributed by atoms with Gasteiger partial charge in [-0.1, -0.05) is 0 Å². The number of nitrogens with one attached hydrogen (secondary N) is 1. The first-order chi connectivity index (χ1) is 10.3. The molecule has 0 aliphatic carbocycles. The van der Waals surface area contributed by atoms with Gasteiger partial charge in [0.1, 0.15) is 5.82 Å². The van der Waals surface area contributed by atoms with Gasteiger partial charge in [-0.25, -0.2) is 0 Å². The van der Waals surface area contributed by atoms with Gasteiger partial charge < -0.3 is 11.1 Å². The van der Waals surface area contributed by atoms with Crippen molar-refractivity contribution in [1.82, 2.24) is 10.2 Å². The first-order valence-corrected chi connectivity index (χ1v) is 7.26. The van der Waals surface area contributed by atoms with Crippen LogP contribution in [0.25, 0.3) is 0 Å². The fourth-order valence-corrected chi connectivity index (χ4v) is 2.58. The molecule has 0 aliphatic heterocycles. The van der Waals surface area contributed by atoms with Crippen LogP contribution >= 0.6 is 0 Å². The lowest BCUT2D eigenvalue weighted by Crippen LogP contribution is -2.14. The van der Waals surface area contributed by atoms with Crippen LogP contribution < -0.4 is 11.1 Å². The molecule has 0 aliphatic rings. The average Bonchev–Trinajstić information content (AvgIpc) is 2.51. The maximum Gasteiger partial charge on any atom is 0.269 e. The molecule has 5 heteroatoms. The van der Waals surface area contributed by atoms with Crippen molar-refractivity contribution >= 4 is 11.7 Å². The van der Waals surface area contributed by atoms with Crippen LogP contribution in [0, 0.1) is 34.6 Å². The van der Waals surface area contributed by atoms with Crippen LogP contribution in [0.1, 0.15) is 43.9 Å². The number of nitrogens with zero attached hydrogens (tertiary/aromatic N) is 2. The second kappa shape index (κ2) is 6.13. The highest BCUT2D eigenvalue weighted by molar-refractivity contribution is 5.90. The van der Waals surface area contributed by atoms with Crippen molar-refractivity contribution in [1.29, 1.82) is 0 Å². The van der Waals surface area contributed by atoms with Gasteiger partial charge in [-0.2, -0.15) is 0 Å². The zero-order valence-corrected chi connectivity index (χ0v) is 13.7. The molecule has 1 heterocycles. The lowest BCUT2D eigenvalue weighted by molar-refractivity contribution is 0.0994. The fourth-order valence-electron chi connectivity index (χ4n) is 2.58. The number of primary amides is 1. The van der Waals surface area contributed by atoms with E-state index in [1.54, 1.807) is 12.1 Å². The highest BCUT2D eigenvalue weighted by Crippen LogP contribution is 2.26. The van der Waals surface area contributed by atoms with Gasteiger partial charge in [-0.3, -0.25) is 4.79 Å². The molecule has 5 nitrogen and oxygen atoms in total. The molecule has 1 aromatic carbocycles. The van der Waals surface area contributed by atoms with Crippen molar-refractivity contribution in [2.75, 3.05) is 5.32 Å². The topological polar surface area (TPSA) is 80.9 Å². The largest absolute Gasteiger partial charge is 0.364 e. The van der Waals surface area contributed by atoms with Crippen molar-refractivity contribution in [2.24, 2.45) is 5.73 Å². The molecular formula is C17H22N4O. The summed E-state index contributed by atoms with van der Waals surface area (Å²) in [6.07, 6.45) is 0. The molecule has 1 aromatic heterocycles. The number of carbonyl (C=O) groups is 1. The Bertz CT molecular complexity index is 691. The molecule has 2 rings (SSSR count). The summed E-state index contributed by atoms with van der Waals surface area (Å²) in [6, 6.07) is 3.29. The van der Waals surface area contributed by atoms with Gasteiger partial charge in [0.25, 0.3) is 5.91 Å². The van der Waals surface area contributed by atoms with E-state index >= 15 is 0 Å². The molecule has 0 bridgehead atoms. The summed E-state index contributed by atoms with van der Waals surface area (Å²) in [6.45, 7) is 11.4. The summed E-state index contributed by atoms with van der Waals surface area (Å²) in [5.41, 5.74) is 13.2. The van der Waals surface area contributed by atoms with Crippen molar-refractivity contribution < 1.29 is 4.79 Å². The van der Waals surface area contributed by atoms with Crippen molar-refractivity contribution in [3.8, 4) is 0 Å². The molecule has 1 amide bonds. The Kier molecular flexibility index (Phi) is 4.45. The third-order valence-corrected chi connectivity index (χ3v) is 4.52. The van der Waals surface area contributed by atoms with Crippen LogP contribution in [0.5, 0.6) is 0 Å². The zero-order chi connectivity index (χ0) is 16.4. The summed E-state index contributed by atoms with van der Waals surface area (Å²) in [5.74, 6) is 0.0511. The van der Waals surface area contributed by atoms with Crippen LogP contribution in [-0.4, -0.2) is 16.1 Å². The quantitative estimate of drug-likeness (QED) is 0.909. The summed E-state index contributed by atoms with van der Waals surface area (Å²) in [7, 11) is 0. The molecule has 0 fully saturated rings. The van der Waals surface area contributed by atoms with E-state index < -0.39 is 5.91 Å². The first kappa shape index (κ1) is 15.9. The van der Waals surface area contributed by atoms with Crippen molar-refractivity contribution in [3.05, 3.63) is 51.2 Å². The number of hydrogen-bond acceptors (Lipinski definition) is 4. The Balaban J connectivity index is 2.23. The van der Waals surface area contributed by atoms with Gasteiger partial charge in [0.05, 0.1) is 0 Å². The molecule has 0 unspecified atom stereocenters. The number of hydrogen-bond donors (Lipinski definition) is 2. The fraction of sp³-hybridized carbons (Fsp3) is 0.353. The van der Waals surface area contributed by atoms with Gasteiger partial charge in [-0.15, -0.1) is 10.2 Å². The number of aromatic nitrogens is 2. The average molecular weight is 298 g/mol. The number of amides is 1. The maximum atomic E-state index is 11.0. The Morgan fingerprint density at radius 1 is 0.955 bits per heavy atom. The zero-order valence-electron chi connectivity index (χ0n) is 13.7. The molecule has 0 saturated heterocycles. The number of rotatable bonds is 4. The van der Waals surface area contributed by atoms with E-state index in [1.165, 1.54) is 33.4 Å². The van der Waals surface area contributed by atoms with E-state index in [-0.39, 0.29) is 5.69 Å². The van der Waals surface area contributed by atoms with Crippen molar-refractivity contribution in [2.45, 2.75) is 41.2 Å². The minimum Gasteiger partial charge on any atom is -0.364 e. The minimum atomic E-state index is -0.574. The molecule has 0 spiro atoms. The Labute approximate surface area is 131 Å². The minimum absolute atomic E-state index is 0.167. The van der Waals surface area contributed by atoms with E-state index in [4.69, 9.17) is 5.73 Å². The normalized spacial score (nSPS) is 10.6. The summed E-state index contributed by atoms with van der Waals surface area (Å²) >= 11 is 0. The molecule has 22 heavy (non-hydrogen) atoms. The van der Waals surface area contributed by atoms with Gasteiger partial charge in [0, 0.05) is 6.54 Å². The van der Waals surface area contributed by atoms with Crippen LogP contribution in [-0.2, 0) is 6.54 Å². The lowest BCUT2D eigenvalue weighted by Gasteiger charge is -2.19. The summed E-state index contributed by atoms with van der Waals surface area (Å²) < 4.78 is 0. The number of anilines is 1. The number of benzene rings is 1. The Hall–Kier alpha value is -2.43. The number of nitrogens with two attached hydrogens (primary N) is 1. The van der Waals surface area contributed by atoms with Gasteiger partial charge in [-0.05, 0) is 80.1 Å². The summed E-state index contributed by atoms with van der Waals surface area (Å²) in [5, 5.41) is 11.0. The second-order valence-electron chi connectivity index (χ2n) is 5.63. The highest BCUT2D eigenvalue weighted by Gasteiger charge is 2.12. The maximum absolute atomic E-state index is 11.0. The molecule has 0 saturated carbocycles. The standard InChI is InChI=1S/C17H22N4O/c1-9-10(2)12(4)14(13(5)11(9)3)8-19-16-7-6-15(17(18)22)20-21-16/h6-7H,8H2,1-5H3,(H2,18,22)(H,19,21). The Morgan fingerprint density at radius 2 is 1.50 bits per heavy atom. The van der Waals surface area contributed by atoms with E-state index in [0.717, 1.165) is 0 Å². The molecular weight excluding hydrogens is 276 g/mol. The van der Waals surface area contributed by atoms with Crippen LogP contribution in [0.3, 0.4) is 0 Å². The second-order valence-corrected chi connectivity index (χ2v) is 5.63. The lowest BCUT2D eigenvalue weighted by atomic mass is 9.89.